The fourth-order valence-corrected chi connectivity index (χ4v) is 3.10. The molecule has 2 N–H and O–H groups in total. The number of aliphatic carboxylic acids is 1. The van der Waals surface area contributed by atoms with Gasteiger partial charge in [-0.25, -0.2) is 0 Å². The van der Waals surface area contributed by atoms with E-state index in [1.54, 1.807) is 12.1 Å². The molecule has 0 atom stereocenters. The van der Waals surface area contributed by atoms with Crippen molar-refractivity contribution in [1.82, 2.24) is 0 Å². The van der Waals surface area contributed by atoms with Crippen LogP contribution in [0.25, 0.3) is 0 Å². The normalized spacial score (nSPS) is 11.0. The highest BCUT2D eigenvalue weighted by molar-refractivity contribution is 6.05. The maximum absolute atomic E-state index is 11.7. The van der Waals surface area contributed by atoms with E-state index in [4.69, 9.17) is 5.11 Å². The van der Waals surface area contributed by atoms with Crippen molar-refractivity contribution in [1.29, 1.82) is 0 Å². The Kier molecular flexibility index (Phi) is 13.6. The first-order valence-corrected chi connectivity index (χ1v) is 10.9. The Hall–Kier alpha value is -2.10. The topological polar surface area (TPSA) is 66.4 Å². The lowest BCUT2D eigenvalue weighted by Crippen LogP contribution is -2.07. The van der Waals surface area contributed by atoms with Crippen molar-refractivity contribution in [3.63, 3.8) is 0 Å². The number of anilines is 1. The number of Topliss-reactive ketones (excluding diaryl/α,β-unsaturated/α-hetero) is 1. The van der Waals surface area contributed by atoms with Crippen LogP contribution < -0.4 is 5.32 Å². The number of allylic oxidation sites excluding steroid dienone is 2. The fourth-order valence-electron chi connectivity index (χ4n) is 3.10. The van der Waals surface area contributed by atoms with Gasteiger partial charge >= 0.3 is 5.97 Å². The van der Waals surface area contributed by atoms with Crippen LogP contribution in [-0.2, 0) is 4.79 Å². The third-order valence-corrected chi connectivity index (χ3v) is 4.79. The highest BCUT2D eigenvalue weighted by Crippen LogP contribution is 2.12. The predicted octanol–water partition coefficient (Wildman–Crippen LogP) is 6.62. The van der Waals surface area contributed by atoms with E-state index < -0.39 is 12.4 Å². The van der Waals surface area contributed by atoms with E-state index in [1.807, 2.05) is 12.1 Å². The molecule has 0 unspecified atom stereocenters. The average molecular weight is 388 g/mol. The summed E-state index contributed by atoms with van der Waals surface area (Å²) in [6.07, 6.45) is 18.4. The summed E-state index contributed by atoms with van der Waals surface area (Å²) in [5.74, 6) is -1.46. The summed E-state index contributed by atoms with van der Waals surface area (Å²) in [4.78, 5) is 22.2. The molecule has 0 saturated carbocycles. The molecule has 4 heteroatoms. The highest BCUT2D eigenvalue weighted by atomic mass is 16.4. The zero-order valence-corrected chi connectivity index (χ0v) is 17.4. The first-order valence-electron chi connectivity index (χ1n) is 10.9. The van der Waals surface area contributed by atoms with Gasteiger partial charge in [0.15, 0.2) is 5.78 Å². The number of benzene rings is 1. The minimum absolute atomic E-state index is 0.360. The third kappa shape index (κ3) is 12.3. The molecule has 0 saturated heterocycles. The molecule has 0 aliphatic carbocycles. The smallest absolute Gasteiger partial charge is 0.311 e. The van der Waals surface area contributed by atoms with Crippen molar-refractivity contribution in [2.75, 3.05) is 11.9 Å². The van der Waals surface area contributed by atoms with Crippen molar-refractivity contribution in [2.24, 2.45) is 0 Å². The van der Waals surface area contributed by atoms with Gasteiger partial charge in [-0.05, 0) is 49.9 Å². The molecule has 0 spiro atoms. The maximum atomic E-state index is 11.7. The van der Waals surface area contributed by atoms with Crippen LogP contribution >= 0.6 is 0 Å². The monoisotopic (exact) mass is 387 g/mol. The molecule has 1 rings (SSSR count). The van der Waals surface area contributed by atoms with Crippen LogP contribution in [0, 0.1) is 0 Å². The van der Waals surface area contributed by atoms with Gasteiger partial charge in [-0.1, -0.05) is 64.0 Å². The molecule has 28 heavy (non-hydrogen) atoms. The molecule has 156 valence electrons. The van der Waals surface area contributed by atoms with Gasteiger partial charge in [0.1, 0.15) is 6.42 Å². The number of carboxylic acid groups (broad SMARTS) is 1. The van der Waals surface area contributed by atoms with E-state index in [1.165, 1.54) is 57.8 Å². The molecule has 0 fully saturated rings. The second-order valence-corrected chi connectivity index (χ2v) is 7.38. The fraction of sp³-hybridized carbons (Fsp3) is 0.583. The number of carbonyl (C=O) groups is 2. The quantitative estimate of drug-likeness (QED) is 0.136. The van der Waals surface area contributed by atoms with Crippen LogP contribution in [0.2, 0.25) is 0 Å². The lowest BCUT2D eigenvalue weighted by Gasteiger charge is -2.06. The Morgan fingerprint density at radius 2 is 1.43 bits per heavy atom. The van der Waals surface area contributed by atoms with Crippen LogP contribution in [0.3, 0.4) is 0 Å². The summed E-state index contributed by atoms with van der Waals surface area (Å²) >= 11 is 0. The van der Waals surface area contributed by atoms with Crippen LogP contribution in [0.5, 0.6) is 0 Å². The minimum Gasteiger partial charge on any atom is -0.481 e. The second kappa shape index (κ2) is 15.9. The zero-order valence-electron chi connectivity index (χ0n) is 17.4. The van der Waals surface area contributed by atoms with Crippen molar-refractivity contribution in [3.8, 4) is 0 Å². The minimum atomic E-state index is -1.09. The molecule has 0 aliphatic heterocycles. The molecule has 0 bridgehead atoms. The molecular formula is C24H37NO3. The zero-order chi connectivity index (χ0) is 20.5. The van der Waals surface area contributed by atoms with Crippen molar-refractivity contribution >= 4 is 17.4 Å². The summed E-state index contributed by atoms with van der Waals surface area (Å²) in [7, 11) is 0. The SMILES string of the molecule is CCCCCCCCCCC=CCCCNc1ccc(C(=O)CC(=O)O)cc1. The largest absolute Gasteiger partial charge is 0.481 e. The predicted molar refractivity (Wildman–Crippen MR) is 117 cm³/mol. The lowest BCUT2D eigenvalue weighted by atomic mass is 10.1. The van der Waals surface area contributed by atoms with Crippen LogP contribution in [-0.4, -0.2) is 23.4 Å². The lowest BCUT2D eigenvalue weighted by molar-refractivity contribution is -0.135. The number of hydrogen-bond acceptors (Lipinski definition) is 3. The van der Waals surface area contributed by atoms with Gasteiger partial charge in [0, 0.05) is 17.8 Å². The van der Waals surface area contributed by atoms with Gasteiger partial charge in [0.25, 0.3) is 0 Å². The number of rotatable bonds is 17. The summed E-state index contributed by atoms with van der Waals surface area (Å²) in [5, 5.41) is 12.0. The van der Waals surface area contributed by atoms with Gasteiger partial charge in [0.05, 0.1) is 0 Å². The maximum Gasteiger partial charge on any atom is 0.311 e. The van der Waals surface area contributed by atoms with Crippen molar-refractivity contribution < 1.29 is 14.7 Å². The molecule has 0 aromatic heterocycles. The molecule has 4 nitrogen and oxygen atoms in total. The first kappa shape index (κ1) is 23.9. The van der Waals surface area contributed by atoms with E-state index in [0.29, 0.717) is 5.56 Å². The summed E-state index contributed by atoms with van der Waals surface area (Å²) < 4.78 is 0. The van der Waals surface area contributed by atoms with Gasteiger partial charge in [-0.15, -0.1) is 0 Å². The molecule has 0 heterocycles. The molecule has 0 radical (unpaired) electrons. The molecule has 1 aromatic rings. The van der Waals surface area contributed by atoms with Crippen LogP contribution in [0.4, 0.5) is 5.69 Å². The van der Waals surface area contributed by atoms with Crippen molar-refractivity contribution in [3.05, 3.63) is 42.0 Å². The Balaban J connectivity index is 2.01. The number of hydrogen-bond donors (Lipinski definition) is 2. The van der Waals surface area contributed by atoms with E-state index in [0.717, 1.165) is 25.1 Å². The van der Waals surface area contributed by atoms with Gasteiger partial charge in [0.2, 0.25) is 0 Å². The van der Waals surface area contributed by atoms with E-state index in [2.05, 4.69) is 24.4 Å². The van der Waals surface area contributed by atoms with E-state index in [-0.39, 0.29) is 5.78 Å². The van der Waals surface area contributed by atoms with Crippen molar-refractivity contribution in [2.45, 2.75) is 84.0 Å². The van der Waals surface area contributed by atoms with E-state index in [9.17, 15) is 9.59 Å². The van der Waals surface area contributed by atoms with Crippen LogP contribution in [0.1, 0.15) is 94.3 Å². The molecule has 0 aliphatic rings. The summed E-state index contributed by atoms with van der Waals surface area (Å²) in [5.41, 5.74) is 1.40. The van der Waals surface area contributed by atoms with Crippen LogP contribution in [0.15, 0.2) is 36.4 Å². The Morgan fingerprint density at radius 3 is 2.04 bits per heavy atom. The number of nitrogens with one attached hydrogen (secondary N) is 1. The summed E-state index contributed by atoms with van der Waals surface area (Å²) in [6.45, 7) is 3.14. The Morgan fingerprint density at radius 1 is 0.857 bits per heavy atom. The number of carbonyl (C=O) groups excluding carboxylic acids is 1. The van der Waals surface area contributed by atoms with E-state index >= 15 is 0 Å². The highest BCUT2D eigenvalue weighted by Gasteiger charge is 2.09. The van der Waals surface area contributed by atoms with Gasteiger partial charge in [-0.2, -0.15) is 0 Å². The molecule has 0 amide bonds. The Labute approximate surface area is 170 Å². The summed E-state index contributed by atoms with van der Waals surface area (Å²) in [6, 6.07) is 7.01. The molecule has 1 aromatic carbocycles. The molecular weight excluding hydrogens is 350 g/mol. The first-order chi connectivity index (χ1) is 13.6. The van der Waals surface area contributed by atoms with Gasteiger partial charge < -0.3 is 10.4 Å². The number of ketones is 1. The average Bonchev–Trinajstić information content (AvgIpc) is 2.68. The Bertz CT molecular complexity index is 578. The number of carboxylic acids is 1. The van der Waals surface area contributed by atoms with Gasteiger partial charge in [-0.3, -0.25) is 9.59 Å². The number of unbranched alkanes of at least 4 members (excludes halogenated alkanes) is 9. The standard InChI is InChI=1S/C24H37NO3/c1-2-3-4-5-6-7-8-9-10-11-12-13-14-19-25-22-17-15-21(16-18-22)23(26)20-24(27)28/h11-12,15-18,25H,2-10,13-14,19-20H2,1H3,(H,27,28). The second-order valence-electron chi connectivity index (χ2n) is 7.38. The third-order valence-electron chi connectivity index (χ3n) is 4.79.